The lowest BCUT2D eigenvalue weighted by molar-refractivity contribution is 0.638. The molecule has 5 nitrogen and oxygen atoms in total. The predicted octanol–water partition coefficient (Wildman–Crippen LogP) is 2.56. The van der Waals surface area contributed by atoms with Crippen molar-refractivity contribution in [1.29, 1.82) is 0 Å². The van der Waals surface area contributed by atoms with E-state index in [0.717, 1.165) is 0 Å². The van der Waals surface area contributed by atoms with E-state index in [1.54, 1.807) is 0 Å². The standard InChI is InChI=1S/C15H14FN5/c1-15(4-5-15)9-2-3-11(18-7-9)12-6-10(16)13-8-19-14(17)20-21(12)13/h2-3,6-8H,4-5H2,1H3,(H2,17,20). The molecule has 2 N–H and O–H groups in total. The van der Waals surface area contributed by atoms with Gasteiger partial charge < -0.3 is 5.73 Å². The quantitative estimate of drug-likeness (QED) is 0.784. The highest BCUT2D eigenvalue weighted by atomic mass is 19.1. The Kier molecular flexibility index (Phi) is 2.34. The highest BCUT2D eigenvalue weighted by Gasteiger charge is 2.39. The van der Waals surface area contributed by atoms with E-state index in [0.29, 0.717) is 16.9 Å². The zero-order valence-corrected chi connectivity index (χ0v) is 11.5. The molecule has 1 fully saturated rings. The van der Waals surface area contributed by atoms with Crippen LogP contribution in [-0.4, -0.2) is 19.6 Å². The molecule has 0 saturated heterocycles. The Hall–Kier alpha value is -2.50. The first-order valence-corrected chi connectivity index (χ1v) is 6.83. The molecule has 106 valence electrons. The van der Waals surface area contributed by atoms with Crippen molar-refractivity contribution < 1.29 is 4.39 Å². The summed E-state index contributed by atoms with van der Waals surface area (Å²) in [7, 11) is 0. The van der Waals surface area contributed by atoms with E-state index in [1.807, 2.05) is 12.3 Å². The summed E-state index contributed by atoms with van der Waals surface area (Å²) < 4.78 is 15.4. The van der Waals surface area contributed by atoms with Crippen LogP contribution in [-0.2, 0) is 5.41 Å². The van der Waals surface area contributed by atoms with E-state index in [4.69, 9.17) is 5.73 Å². The Morgan fingerprint density at radius 3 is 2.71 bits per heavy atom. The van der Waals surface area contributed by atoms with Gasteiger partial charge in [-0.05, 0) is 29.9 Å². The van der Waals surface area contributed by atoms with Crippen molar-refractivity contribution in [2.24, 2.45) is 0 Å². The molecule has 0 aromatic carbocycles. The molecule has 0 atom stereocenters. The number of rotatable bonds is 2. The molecule has 3 heterocycles. The number of nitrogen functional groups attached to an aromatic ring is 1. The van der Waals surface area contributed by atoms with Gasteiger partial charge in [-0.25, -0.2) is 13.9 Å². The molecule has 1 saturated carbocycles. The fourth-order valence-corrected chi connectivity index (χ4v) is 2.53. The van der Waals surface area contributed by atoms with E-state index in [-0.39, 0.29) is 17.2 Å². The molecule has 0 unspecified atom stereocenters. The number of nitrogens with zero attached hydrogens (tertiary/aromatic N) is 4. The van der Waals surface area contributed by atoms with Crippen molar-refractivity contribution >= 4 is 11.5 Å². The van der Waals surface area contributed by atoms with Crippen LogP contribution in [0.3, 0.4) is 0 Å². The predicted molar refractivity (Wildman–Crippen MR) is 77.2 cm³/mol. The summed E-state index contributed by atoms with van der Waals surface area (Å²) in [4.78, 5) is 8.28. The van der Waals surface area contributed by atoms with Gasteiger partial charge in [0.25, 0.3) is 0 Å². The molecule has 21 heavy (non-hydrogen) atoms. The summed E-state index contributed by atoms with van der Waals surface area (Å²) in [5.74, 6) is -0.286. The van der Waals surface area contributed by atoms with Crippen molar-refractivity contribution in [1.82, 2.24) is 19.6 Å². The summed E-state index contributed by atoms with van der Waals surface area (Å²) in [6.45, 7) is 2.23. The highest BCUT2D eigenvalue weighted by molar-refractivity contribution is 5.64. The molecule has 6 heteroatoms. The van der Waals surface area contributed by atoms with Gasteiger partial charge >= 0.3 is 0 Å². The van der Waals surface area contributed by atoms with Gasteiger partial charge in [-0.3, -0.25) is 4.98 Å². The number of halogens is 1. The molecule has 0 spiro atoms. The van der Waals surface area contributed by atoms with Crippen LogP contribution in [0.25, 0.3) is 16.9 Å². The Labute approximate surface area is 120 Å². The number of fused-ring (bicyclic) bond motifs is 1. The van der Waals surface area contributed by atoms with Crippen LogP contribution < -0.4 is 5.73 Å². The van der Waals surface area contributed by atoms with Crippen molar-refractivity contribution in [2.75, 3.05) is 5.73 Å². The Morgan fingerprint density at radius 2 is 2.05 bits per heavy atom. The summed E-state index contributed by atoms with van der Waals surface area (Å²) >= 11 is 0. The lowest BCUT2D eigenvalue weighted by Crippen LogP contribution is -2.03. The SMILES string of the molecule is CC1(c2ccc(-c3cc(F)c4cnc(N)nn34)nc2)CC1. The minimum atomic E-state index is -0.384. The largest absolute Gasteiger partial charge is 0.367 e. The van der Waals surface area contributed by atoms with Gasteiger partial charge in [-0.2, -0.15) is 0 Å². The number of pyridine rings is 1. The molecule has 0 radical (unpaired) electrons. The molecule has 0 aliphatic heterocycles. The molecule has 3 aromatic heterocycles. The fraction of sp³-hybridized carbons (Fsp3) is 0.267. The Balaban J connectivity index is 1.84. The monoisotopic (exact) mass is 283 g/mol. The molecule has 1 aliphatic rings. The normalized spacial score (nSPS) is 16.3. The van der Waals surface area contributed by atoms with E-state index >= 15 is 0 Å². The van der Waals surface area contributed by atoms with Crippen LogP contribution in [0.15, 0.2) is 30.6 Å². The van der Waals surface area contributed by atoms with Gasteiger partial charge in [0.1, 0.15) is 5.52 Å². The number of aromatic nitrogens is 4. The molecule has 4 rings (SSSR count). The minimum absolute atomic E-state index is 0.0986. The average molecular weight is 283 g/mol. The summed E-state index contributed by atoms with van der Waals surface area (Å²) in [6.07, 6.45) is 5.63. The first-order chi connectivity index (χ1) is 10.1. The van der Waals surface area contributed by atoms with Crippen LogP contribution in [0.2, 0.25) is 0 Å². The van der Waals surface area contributed by atoms with Gasteiger partial charge in [-0.1, -0.05) is 13.0 Å². The van der Waals surface area contributed by atoms with Gasteiger partial charge in [0, 0.05) is 12.3 Å². The third-order valence-electron chi connectivity index (χ3n) is 4.21. The molecular weight excluding hydrogens is 269 g/mol. The second-order valence-corrected chi connectivity index (χ2v) is 5.78. The minimum Gasteiger partial charge on any atom is -0.367 e. The first-order valence-electron chi connectivity index (χ1n) is 6.83. The van der Waals surface area contributed by atoms with Crippen LogP contribution in [0.5, 0.6) is 0 Å². The van der Waals surface area contributed by atoms with E-state index in [2.05, 4.69) is 28.1 Å². The highest BCUT2D eigenvalue weighted by Crippen LogP contribution is 2.47. The maximum Gasteiger partial charge on any atom is 0.238 e. The van der Waals surface area contributed by atoms with Gasteiger partial charge in [0.05, 0.1) is 17.6 Å². The molecular formula is C15H14FN5. The van der Waals surface area contributed by atoms with Crippen LogP contribution >= 0.6 is 0 Å². The summed E-state index contributed by atoms with van der Waals surface area (Å²) in [5, 5.41) is 4.06. The zero-order chi connectivity index (χ0) is 14.6. The van der Waals surface area contributed by atoms with Gasteiger partial charge in [0.2, 0.25) is 5.95 Å². The second kappa shape index (κ2) is 4.00. The molecule has 3 aromatic rings. The third-order valence-corrected chi connectivity index (χ3v) is 4.21. The zero-order valence-electron chi connectivity index (χ0n) is 11.5. The summed E-state index contributed by atoms with van der Waals surface area (Å²) in [6, 6.07) is 5.36. The maximum atomic E-state index is 13.9. The van der Waals surface area contributed by atoms with E-state index < -0.39 is 0 Å². The van der Waals surface area contributed by atoms with Crippen LogP contribution in [0, 0.1) is 5.82 Å². The Morgan fingerprint density at radius 1 is 1.24 bits per heavy atom. The fourth-order valence-electron chi connectivity index (χ4n) is 2.53. The Bertz CT molecular complexity index is 833. The lowest BCUT2D eigenvalue weighted by atomic mass is 10.0. The van der Waals surface area contributed by atoms with Crippen molar-refractivity contribution in [3.63, 3.8) is 0 Å². The number of nitrogens with two attached hydrogens (primary N) is 1. The van der Waals surface area contributed by atoms with Crippen LogP contribution in [0.1, 0.15) is 25.3 Å². The first kappa shape index (κ1) is 12.3. The summed E-state index contributed by atoms with van der Waals surface area (Å²) in [5.41, 5.74) is 8.61. The third kappa shape index (κ3) is 1.86. The van der Waals surface area contributed by atoms with E-state index in [1.165, 1.54) is 35.2 Å². The topological polar surface area (TPSA) is 69.1 Å². The van der Waals surface area contributed by atoms with Crippen LogP contribution in [0.4, 0.5) is 10.3 Å². The second-order valence-electron chi connectivity index (χ2n) is 5.78. The van der Waals surface area contributed by atoms with Crippen molar-refractivity contribution in [2.45, 2.75) is 25.2 Å². The average Bonchev–Trinajstić information content (AvgIpc) is 3.15. The van der Waals surface area contributed by atoms with E-state index in [9.17, 15) is 4.39 Å². The molecule has 0 bridgehead atoms. The number of hydrogen-bond donors (Lipinski definition) is 1. The number of hydrogen-bond acceptors (Lipinski definition) is 4. The molecule has 1 aliphatic carbocycles. The smallest absolute Gasteiger partial charge is 0.238 e. The van der Waals surface area contributed by atoms with Crippen molar-refractivity contribution in [3.8, 4) is 11.4 Å². The number of anilines is 1. The van der Waals surface area contributed by atoms with Gasteiger partial charge in [0.15, 0.2) is 5.82 Å². The van der Waals surface area contributed by atoms with Gasteiger partial charge in [-0.15, -0.1) is 5.10 Å². The lowest BCUT2D eigenvalue weighted by Gasteiger charge is -2.08. The van der Waals surface area contributed by atoms with Crippen molar-refractivity contribution in [3.05, 3.63) is 42.0 Å². The maximum absolute atomic E-state index is 13.9. The molecule has 0 amide bonds.